The fourth-order valence-electron chi connectivity index (χ4n) is 5.15. The predicted molar refractivity (Wildman–Crippen MR) is 167 cm³/mol. The van der Waals surface area contributed by atoms with Crippen LogP contribution in [0.15, 0.2) is 85.2 Å². The summed E-state index contributed by atoms with van der Waals surface area (Å²) in [7, 11) is 0. The molecule has 0 bridgehead atoms. The van der Waals surface area contributed by atoms with E-state index in [4.69, 9.17) is 5.73 Å². The number of hydrogen-bond donors (Lipinski definition) is 2. The summed E-state index contributed by atoms with van der Waals surface area (Å²) in [6, 6.07) is 18.0. The number of halogens is 3. The van der Waals surface area contributed by atoms with Gasteiger partial charge in [0.15, 0.2) is 5.78 Å². The Labute approximate surface area is 258 Å². The van der Waals surface area contributed by atoms with Gasteiger partial charge in [-0.1, -0.05) is 37.3 Å². The molecule has 3 aromatic carbocycles. The van der Waals surface area contributed by atoms with E-state index in [1.54, 1.807) is 19.1 Å². The van der Waals surface area contributed by atoms with E-state index in [2.05, 4.69) is 34.8 Å². The maximum absolute atomic E-state index is 13.8. The number of fused-ring (bicyclic) bond motifs is 1. The van der Waals surface area contributed by atoms with Gasteiger partial charge in [0, 0.05) is 46.5 Å². The number of carbonyl (C=O) groups is 3. The van der Waals surface area contributed by atoms with E-state index >= 15 is 0 Å². The van der Waals surface area contributed by atoms with Gasteiger partial charge in [-0.2, -0.15) is 0 Å². The third kappa shape index (κ3) is 7.64. The van der Waals surface area contributed by atoms with Crippen molar-refractivity contribution in [1.82, 2.24) is 14.9 Å². The molecule has 0 fully saturated rings. The van der Waals surface area contributed by atoms with E-state index in [0.717, 1.165) is 47.2 Å². The van der Waals surface area contributed by atoms with Gasteiger partial charge in [-0.25, -0.2) is 13.2 Å². The lowest BCUT2D eigenvalue weighted by molar-refractivity contribution is -0.110. The average molecular weight is 615 g/mol. The summed E-state index contributed by atoms with van der Waals surface area (Å²) in [5, 5.41) is 3.66. The van der Waals surface area contributed by atoms with Gasteiger partial charge in [0.1, 0.15) is 17.5 Å². The lowest BCUT2D eigenvalue weighted by atomic mass is 9.94. The third-order valence-electron chi connectivity index (χ3n) is 7.53. The van der Waals surface area contributed by atoms with E-state index in [1.807, 2.05) is 24.4 Å². The molecule has 0 saturated heterocycles. The number of primary amides is 1. The largest absolute Gasteiger partial charge is 0.366 e. The number of carbonyl (C=O) groups excluding carboxylic acids is 3. The zero-order valence-electron chi connectivity index (χ0n) is 25.1. The number of hydrogen-bond acceptors (Lipinski definition) is 4. The fourth-order valence-corrected chi connectivity index (χ4v) is 5.15. The first-order chi connectivity index (χ1) is 21.5. The van der Waals surface area contributed by atoms with Gasteiger partial charge in [0.05, 0.1) is 17.3 Å². The molecule has 7 nitrogen and oxygen atoms in total. The molecule has 45 heavy (non-hydrogen) atoms. The van der Waals surface area contributed by atoms with Crippen LogP contribution in [0.25, 0.3) is 22.0 Å². The molecule has 2 aromatic heterocycles. The predicted octanol–water partition coefficient (Wildman–Crippen LogP) is 7.11. The van der Waals surface area contributed by atoms with Crippen molar-refractivity contribution in [3.8, 4) is 11.1 Å². The van der Waals surface area contributed by atoms with Gasteiger partial charge in [-0.3, -0.25) is 19.4 Å². The Kier molecular flexibility index (Phi) is 10.5. The number of rotatable bonds is 10. The standard InChI is InChI=1S/C21H16F3N3O2.C14H17NO/c22-14-6-12(7-15(23)10-14)8-19(27-11-28)20-16(2-1-5-26-20)13-3-4-18(24)17(9-13)21(25)29;1-4-10(2)15-9-13(11(3)16)12-7-5-6-8-14(12)15/h1-7,9-11,19H,8H2,(H2,25,29)(H,27,28);5-10H,4H2,1-3H3. The van der Waals surface area contributed by atoms with E-state index in [1.165, 1.54) is 18.3 Å². The topological polar surface area (TPSA) is 107 Å². The molecule has 2 amide bonds. The second kappa shape index (κ2) is 14.5. The number of pyridine rings is 1. The van der Waals surface area contributed by atoms with Crippen molar-refractivity contribution in [2.75, 3.05) is 0 Å². The molecular formula is C35H33F3N4O3. The summed E-state index contributed by atoms with van der Waals surface area (Å²) < 4.78 is 43.1. The first-order valence-corrected chi connectivity index (χ1v) is 14.3. The Morgan fingerprint density at radius 2 is 1.69 bits per heavy atom. The second-order valence-corrected chi connectivity index (χ2v) is 10.6. The number of aromatic nitrogens is 2. The van der Waals surface area contributed by atoms with Gasteiger partial charge in [-0.05, 0) is 74.2 Å². The number of ketones is 1. The Morgan fingerprint density at radius 1 is 0.978 bits per heavy atom. The Hall–Kier alpha value is -5.25. The molecule has 0 aliphatic rings. The molecule has 5 aromatic rings. The van der Waals surface area contributed by atoms with Crippen molar-refractivity contribution in [3.63, 3.8) is 0 Å². The average Bonchev–Trinajstić information content (AvgIpc) is 3.41. The minimum atomic E-state index is -0.924. The second-order valence-electron chi connectivity index (χ2n) is 10.6. The van der Waals surface area contributed by atoms with Gasteiger partial charge < -0.3 is 15.6 Å². The Bertz CT molecular complexity index is 1830. The molecule has 3 N–H and O–H groups in total. The minimum absolute atomic E-state index is 0.0568. The monoisotopic (exact) mass is 614 g/mol. The molecule has 0 aliphatic carbocycles. The van der Waals surface area contributed by atoms with Crippen molar-refractivity contribution >= 4 is 29.0 Å². The highest BCUT2D eigenvalue weighted by Crippen LogP contribution is 2.30. The molecule has 2 unspecified atom stereocenters. The third-order valence-corrected chi connectivity index (χ3v) is 7.53. The normalized spacial score (nSPS) is 12.1. The molecule has 0 radical (unpaired) electrons. The number of nitrogens with one attached hydrogen (secondary N) is 1. The highest BCUT2D eigenvalue weighted by Gasteiger charge is 2.20. The van der Waals surface area contributed by atoms with Crippen molar-refractivity contribution in [3.05, 3.63) is 125 Å². The Morgan fingerprint density at radius 3 is 2.33 bits per heavy atom. The summed E-state index contributed by atoms with van der Waals surface area (Å²) in [6.07, 6.45) is 5.06. The molecule has 10 heteroatoms. The smallest absolute Gasteiger partial charge is 0.251 e. The molecule has 2 atom stereocenters. The van der Waals surface area contributed by atoms with Crippen LogP contribution >= 0.6 is 0 Å². The summed E-state index contributed by atoms with van der Waals surface area (Å²) in [5.41, 5.74) is 8.56. The lowest BCUT2D eigenvalue weighted by Gasteiger charge is -2.19. The number of nitrogens with two attached hydrogens (primary N) is 1. The van der Waals surface area contributed by atoms with Gasteiger partial charge in [0.25, 0.3) is 5.91 Å². The van der Waals surface area contributed by atoms with E-state index in [-0.39, 0.29) is 17.8 Å². The summed E-state index contributed by atoms with van der Waals surface area (Å²) in [6.45, 7) is 5.96. The molecule has 232 valence electrons. The van der Waals surface area contributed by atoms with Gasteiger partial charge in [-0.15, -0.1) is 0 Å². The zero-order valence-corrected chi connectivity index (χ0v) is 25.1. The van der Waals surface area contributed by atoms with Crippen LogP contribution in [0.3, 0.4) is 0 Å². The number of amides is 2. The summed E-state index contributed by atoms with van der Waals surface area (Å²) in [5.74, 6) is -3.03. The molecular weight excluding hydrogens is 581 g/mol. The molecule has 5 rings (SSSR count). The number of para-hydroxylation sites is 1. The van der Waals surface area contributed by atoms with Gasteiger partial charge >= 0.3 is 0 Å². The Balaban J connectivity index is 0.000000242. The quantitative estimate of drug-likeness (QED) is 0.129. The zero-order chi connectivity index (χ0) is 32.7. The maximum atomic E-state index is 13.8. The van der Waals surface area contributed by atoms with E-state index in [9.17, 15) is 27.6 Å². The van der Waals surface area contributed by atoms with Crippen molar-refractivity contribution in [2.45, 2.75) is 45.7 Å². The number of nitrogens with zero attached hydrogens (tertiary/aromatic N) is 2. The highest BCUT2D eigenvalue weighted by molar-refractivity contribution is 6.07. The number of Topliss-reactive ketones (excluding diaryl/α,β-unsaturated/α-hetero) is 1. The van der Waals surface area contributed by atoms with Crippen molar-refractivity contribution < 1.29 is 27.6 Å². The van der Waals surface area contributed by atoms with Gasteiger partial charge in [0.2, 0.25) is 6.41 Å². The first-order valence-electron chi connectivity index (χ1n) is 14.3. The minimum Gasteiger partial charge on any atom is -0.366 e. The number of benzene rings is 3. The molecule has 2 heterocycles. The highest BCUT2D eigenvalue weighted by atomic mass is 19.1. The summed E-state index contributed by atoms with van der Waals surface area (Å²) >= 11 is 0. The van der Waals surface area contributed by atoms with E-state index in [0.29, 0.717) is 34.8 Å². The summed E-state index contributed by atoms with van der Waals surface area (Å²) in [4.78, 5) is 38.5. The van der Waals surface area contributed by atoms with Crippen molar-refractivity contribution in [2.24, 2.45) is 5.73 Å². The van der Waals surface area contributed by atoms with E-state index < -0.39 is 29.4 Å². The maximum Gasteiger partial charge on any atom is 0.251 e. The van der Waals surface area contributed by atoms with Crippen LogP contribution in [0.4, 0.5) is 13.2 Å². The van der Waals surface area contributed by atoms with Crippen LogP contribution in [-0.2, 0) is 11.2 Å². The lowest BCUT2D eigenvalue weighted by Crippen LogP contribution is -2.23. The van der Waals surface area contributed by atoms with Crippen LogP contribution in [0.1, 0.15) is 71.2 Å². The molecule has 0 aliphatic heterocycles. The molecule has 0 spiro atoms. The van der Waals surface area contributed by atoms with Crippen LogP contribution in [0, 0.1) is 17.5 Å². The van der Waals surface area contributed by atoms with Crippen LogP contribution in [0.2, 0.25) is 0 Å². The van der Waals surface area contributed by atoms with Crippen LogP contribution < -0.4 is 11.1 Å². The van der Waals surface area contributed by atoms with Crippen LogP contribution in [-0.4, -0.2) is 27.7 Å². The first kappa shape index (κ1) is 32.7. The van der Waals surface area contributed by atoms with Crippen LogP contribution in [0.5, 0.6) is 0 Å². The fraction of sp³-hybridized carbons (Fsp3) is 0.200. The molecule has 0 saturated carbocycles. The SMILES string of the molecule is CCC(C)n1cc(C(C)=O)c2ccccc21.NC(=O)c1cc(-c2cccnc2C(Cc2cc(F)cc(F)c2)NC=O)ccc1F. The van der Waals surface area contributed by atoms with Crippen molar-refractivity contribution in [1.29, 1.82) is 0 Å².